The molecule has 0 unspecified atom stereocenters. The number of aliphatic hydroxyl groups excluding tert-OH is 1. The smallest absolute Gasteiger partial charge is 0.481 e. The molecule has 0 saturated heterocycles. The molecule has 0 aromatic heterocycles. The second-order valence-electron chi connectivity index (χ2n) is 5.75. The number of halogens is 1. The van der Waals surface area contributed by atoms with Gasteiger partial charge in [-0.15, -0.1) is 16.7 Å². The molecule has 1 amide bonds. The molecule has 0 spiro atoms. The molecule has 1 atom stereocenters. The van der Waals surface area contributed by atoms with E-state index < -0.39 is 17.9 Å². The van der Waals surface area contributed by atoms with E-state index in [0.717, 1.165) is 5.56 Å². The van der Waals surface area contributed by atoms with Gasteiger partial charge in [-0.1, -0.05) is 31.2 Å². The summed E-state index contributed by atoms with van der Waals surface area (Å²) in [4.78, 5) is 22.8. The van der Waals surface area contributed by atoms with Gasteiger partial charge in [-0.2, -0.15) is 17.7 Å². The number of hydrogen-bond acceptors (Lipinski definition) is 3. The maximum Gasteiger partial charge on any atom is 1.00 e. The average molecular weight is 394 g/mol. The SMILES string of the molecule is Cc1c[c-]c(C=[C-]C(=O)N[C@H](CO)c2ccc(CC(=O)O)cc2)c(Cl)c1.[CH3-].[Li+]. The minimum Gasteiger partial charge on any atom is -0.481 e. The monoisotopic (exact) mass is 393 g/mol. The Morgan fingerprint density at radius 3 is 2.50 bits per heavy atom. The minimum absolute atomic E-state index is 0. The summed E-state index contributed by atoms with van der Waals surface area (Å²) in [5.41, 5.74) is 2.81. The van der Waals surface area contributed by atoms with Crippen molar-refractivity contribution < 1.29 is 38.7 Å². The van der Waals surface area contributed by atoms with Crippen molar-refractivity contribution in [1.29, 1.82) is 0 Å². The summed E-state index contributed by atoms with van der Waals surface area (Å²) < 4.78 is 0. The Morgan fingerprint density at radius 1 is 1.32 bits per heavy atom. The summed E-state index contributed by atoms with van der Waals surface area (Å²) in [6.45, 7) is 1.59. The molecule has 0 saturated carbocycles. The Balaban J connectivity index is 0.00000364. The van der Waals surface area contributed by atoms with E-state index in [1.54, 1.807) is 36.4 Å². The molecular weight excluding hydrogens is 373 g/mol. The standard InChI is InChI=1S/C20H18ClNO4.CH3.Li/c1-13-2-5-15(17(21)10-13)8-9-19(24)22-18(12-23)16-6-3-14(4-7-16)11-20(25)26;;/h2-4,6-8,10,18,23H,11-12H2,1H3,(H,22,24)(H,25,26);1H3;/q-2;-1;+1/t18-;;/m1../s1. The number of nitrogens with one attached hydrogen (secondary N) is 1. The molecular formula is C21H21ClLiNO4-2. The largest absolute Gasteiger partial charge is 1.00 e. The van der Waals surface area contributed by atoms with Gasteiger partial charge in [-0.05, 0) is 11.1 Å². The van der Waals surface area contributed by atoms with Crippen molar-refractivity contribution in [2.45, 2.75) is 19.4 Å². The third-order valence-corrected chi connectivity index (χ3v) is 3.95. The molecule has 144 valence electrons. The van der Waals surface area contributed by atoms with Crippen molar-refractivity contribution >= 4 is 29.6 Å². The number of carboxylic acid groups (broad SMARTS) is 1. The maximum atomic E-state index is 12.1. The predicted molar refractivity (Wildman–Crippen MR) is 105 cm³/mol. The van der Waals surface area contributed by atoms with E-state index in [1.807, 2.05) is 6.92 Å². The molecule has 0 aliphatic heterocycles. The number of hydrogen-bond donors (Lipinski definition) is 3. The molecule has 3 N–H and O–H groups in total. The van der Waals surface area contributed by atoms with Crippen molar-refractivity contribution in [3.8, 4) is 0 Å². The fourth-order valence-corrected chi connectivity index (χ4v) is 2.59. The number of carbonyl (C=O) groups is 2. The van der Waals surface area contributed by atoms with Gasteiger partial charge in [-0.3, -0.25) is 15.2 Å². The second kappa shape index (κ2) is 12.4. The van der Waals surface area contributed by atoms with Crippen LogP contribution in [0.1, 0.15) is 28.3 Å². The number of amides is 1. The summed E-state index contributed by atoms with van der Waals surface area (Å²) in [5, 5.41) is 21.4. The van der Waals surface area contributed by atoms with Crippen LogP contribution in [0.15, 0.2) is 36.4 Å². The molecule has 5 nitrogen and oxygen atoms in total. The molecule has 2 rings (SSSR count). The predicted octanol–water partition coefficient (Wildman–Crippen LogP) is 0.196. The number of aryl methyl sites for hydroxylation is 1. The van der Waals surface area contributed by atoms with E-state index in [2.05, 4.69) is 17.5 Å². The zero-order valence-electron chi connectivity index (χ0n) is 16.1. The first-order chi connectivity index (χ1) is 12.4. The quantitative estimate of drug-likeness (QED) is 0.356. The van der Waals surface area contributed by atoms with E-state index in [0.29, 0.717) is 21.7 Å². The molecule has 0 fully saturated rings. The van der Waals surface area contributed by atoms with Crippen molar-refractivity contribution in [3.05, 3.63) is 83.2 Å². The topological polar surface area (TPSA) is 86.6 Å². The van der Waals surface area contributed by atoms with Gasteiger partial charge in [0, 0.05) is 0 Å². The van der Waals surface area contributed by atoms with Crippen LogP contribution in [0.5, 0.6) is 0 Å². The van der Waals surface area contributed by atoms with Crippen molar-refractivity contribution in [3.63, 3.8) is 0 Å². The fourth-order valence-electron chi connectivity index (χ4n) is 2.30. The molecule has 2 aromatic carbocycles. The summed E-state index contributed by atoms with van der Waals surface area (Å²) in [7, 11) is 0. The van der Waals surface area contributed by atoms with Gasteiger partial charge in [-0.25, -0.2) is 12.1 Å². The Labute approximate surface area is 182 Å². The number of benzene rings is 2. The van der Waals surface area contributed by atoms with Crippen LogP contribution >= 0.6 is 11.6 Å². The Kier molecular flexibility index (Phi) is 11.5. The summed E-state index contributed by atoms with van der Waals surface area (Å²) in [6.07, 6.45) is 3.90. The van der Waals surface area contributed by atoms with E-state index in [-0.39, 0.29) is 39.3 Å². The van der Waals surface area contributed by atoms with Crippen LogP contribution in [-0.2, 0) is 16.0 Å². The van der Waals surface area contributed by atoms with E-state index in [4.69, 9.17) is 16.7 Å². The van der Waals surface area contributed by atoms with Gasteiger partial charge in [0.15, 0.2) is 0 Å². The number of aliphatic carboxylic acids is 1. The van der Waals surface area contributed by atoms with Crippen LogP contribution in [0, 0.1) is 26.5 Å². The van der Waals surface area contributed by atoms with E-state index >= 15 is 0 Å². The fraction of sp³-hybridized carbons (Fsp3) is 0.190. The number of rotatable bonds is 7. The second-order valence-corrected chi connectivity index (χ2v) is 6.16. The van der Waals surface area contributed by atoms with E-state index in [9.17, 15) is 14.7 Å². The number of aliphatic hydroxyl groups is 1. The molecule has 0 aliphatic carbocycles. The van der Waals surface area contributed by atoms with Crippen LogP contribution < -0.4 is 24.2 Å². The molecule has 2 aromatic rings. The maximum absolute atomic E-state index is 12.1. The van der Waals surface area contributed by atoms with Crippen LogP contribution in [0.4, 0.5) is 0 Å². The number of carboxylic acids is 1. The third-order valence-electron chi connectivity index (χ3n) is 3.64. The van der Waals surface area contributed by atoms with Crippen molar-refractivity contribution in [1.82, 2.24) is 5.32 Å². The van der Waals surface area contributed by atoms with Gasteiger partial charge in [0.1, 0.15) is 5.91 Å². The van der Waals surface area contributed by atoms with Crippen molar-refractivity contribution in [2.75, 3.05) is 6.61 Å². The van der Waals surface area contributed by atoms with Crippen LogP contribution in [0.3, 0.4) is 0 Å². The normalized spacial score (nSPS) is 11.2. The van der Waals surface area contributed by atoms with Crippen LogP contribution in [-0.4, -0.2) is 28.7 Å². The number of carbonyl (C=O) groups excluding carboxylic acids is 1. The Hall–Kier alpha value is -2.03. The summed E-state index contributed by atoms with van der Waals surface area (Å²) in [5.74, 6) is -1.43. The molecule has 0 radical (unpaired) electrons. The average Bonchev–Trinajstić information content (AvgIpc) is 2.59. The summed E-state index contributed by atoms with van der Waals surface area (Å²) >= 11 is 6.08. The first-order valence-corrected chi connectivity index (χ1v) is 8.26. The van der Waals surface area contributed by atoms with Gasteiger partial charge >= 0.3 is 24.8 Å². The molecule has 0 heterocycles. The van der Waals surface area contributed by atoms with Gasteiger partial charge < -0.3 is 29.0 Å². The van der Waals surface area contributed by atoms with Gasteiger partial charge in [0.25, 0.3) is 0 Å². The Morgan fingerprint density at radius 2 is 1.96 bits per heavy atom. The minimum atomic E-state index is -0.920. The van der Waals surface area contributed by atoms with E-state index in [1.165, 1.54) is 6.08 Å². The molecule has 0 aliphatic rings. The van der Waals surface area contributed by atoms with Crippen LogP contribution in [0.2, 0.25) is 5.02 Å². The first-order valence-electron chi connectivity index (χ1n) is 7.88. The third kappa shape index (κ3) is 7.91. The summed E-state index contributed by atoms with van der Waals surface area (Å²) in [6, 6.07) is 12.5. The zero-order valence-corrected chi connectivity index (χ0v) is 16.9. The first kappa shape index (κ1) is 26.0. The molecule has 7 heteroatoms. The van der Waals surface area contributed by atoms with Gasteiger partial charge in [0.05, 0.1) is 19.1 Å². The zero-order chi connectivity index (χ0) is 19.1. The van der Waals surface area contributed by atoms with Crippen LogP contribution in [0.25, 0.3) is 6.08 Å². The van der Waals surface area contributed by atoms with Crippen molar-refractivity contribution in [2.24, 2.45) is 0 Å². The van der Waals surface area contributed by atoms with Gasteiger partial charge in [0.2, 0.25) is 0 Å². The molecule has 0 bridgehead atoms. The molecule has 28 heavy (non-hydrogen) atoms. The Bertz CT molecular complexity index is 822.